The average Bonchev–Trinajstić information content (AvgIpc) is 2.55. The molecule has 0 bridgehead atoms. The Morgan fingerprint density at radius 2 is 1.88 bits per heavy atom. The summed E-state index contributed by atoms with van der Waals surface area (Å²) < 4.78 is 38.2. The molecule has 0 aliphatic carbocycles. The number of benzene rings is 2. The SMILES string of the molecule is CCc1cc(NC(=O)c2cccc(S(=O)(=O)CC(C)C)c2)ccc1F. The first kappa shape index (κ1) is 19.1. The van der Waals surface area contributed by atoms with Gasteiger partial charge in [0.15, 0.2) is 9.84 Å². The minimum absolute atomic E-state index is 0.00540. The molecule has 0 aliphatic rings. The number of nitrogens with one attached hydrogen (secondary N) is 1. The van der Waals surface area contributed by atoms with Crippen LogP contribution in [-0.2, 0) is 16.3 Å². The Labute approximate surface area is 148 Å². The van der Waals surface area contributed by atoms with Gasteiger partial charge in [-0.2, -0.15) is 0 Å². The van der Waals surface area contributed by atoms with Crippen LogP contribution in [0.25, 0.3) is 0 Å². The Morgan fingerprint density at radius 3 is 2.52 bits per heavy atom. The summed E-state index contributed by atoms with van der Waals surface area (Å²) in [6.45, 7) is 5.48. The Kier molecular flexibility index (Phi) is 5.95. The molecule has 0 fully saturated rings. The third-order valence-corrected chi connectivity index (χ3v) is 5.77. The standard InChI is InChI=1S/C19H22FNO3S/c1-4-14-10-16(8-9-18(14)20)21-19(22)15-6-5-7-17(11-15)25(23,24)12-13(2)3/h5-11,13H,4,12H2,1-3H3,(H,21,22). The van der Waals surface area contributed by atoms with Crippen molar-refractivity contribution in [2.75, 3.05) is 11.1 Å². The van der Waals surface area contributed by atoms with E-state index in [0.717, 1.165) is 0 Å². The van der Waals surface area contributed by atoms with E-state index >= 15 is 0 Å². The molecule has 0 unspecified atom stereocenters. The lowest BCUT2D eigenvalue weighted by molar-refractivity contribution is 0.102. The molecule has 2 rings (SSSR count). The number of amides is 1. The predicted octanol–water partition coefficient (Wildman–Crippen LogP) is 4.07. The van der Waals surface area contributed by atoms with E-state index in [1.807, 2.05) is 20.8 Å². The zero-order valence-corrected chi connectivity index (χ0v) is 15.4. The molecule has 0 atom stereocenters. The van der Waals surface area contributed by atoms with Gasteiger partial charge in [-0.15, -0.1) is 0 Å². The Morgan fingerprint density at radius 1 is 1.16 bits per heavy atom. The number of sulfone groups is 1. The largest absolute Gasteiger partial charge is 0.322 e. The topological polar surface area (TPSA) is 63.2 Å². The molecule has 25 heavy (non-hydrogen) atoms. The summed E-state index contributed by atoms with van der Waals surface area (Å²) in [5.41, 5.74) is 1.22. The lowest BCUT2D eigenvalue weighted by atomic mass is 10.1. The van der Waals surface area contributed by atoms with Gasteiger partial charge in [0.05, 0.1) is 10.6 Å². The molecule has 0 saturated heterocycles. The van der Waals surface area contributed by atoms with Gasteiger partial charge in [-0.05, 0) is 54.3 Å². The zero-order valence-electron chi connectivity index (χ0n) is 14.5. The lowest BCUT2D eigenvalue weighted by Crippen LogP contribution is -2.15. The Balaban J connectivity index is 2.24. The third kappa shape index (κ3) is 4.89. The highest BCUT2D eigenvalue weighted by molar-refractivity contribution is 7.91. The van der Waals surface area contributed by atoms with Crippen LogP contribution in [0.3, 0.4) is 0 Å². The highest BCUT2D eigenvalue weighted by Gasteiger charge is 2.18. The lowest BCUT2D eigenvalue weighted by Gasteiger charge is -2.10. The van der Waals surface area contributed by atoms with Crippen molar-refractivity contribution in [1.82, 2.24) is 0 Å². The van der Waals surface area contributed by atoms with E-state index in [1.165, 1.54) is 24.3 Å². The van der Waals surface area contributed by atoms with Gasteiger partial charge in [0.25, 0.3) is 5.91 Å². The van der Waals surface area contributed by atoms with Crippen LogP contribution in [-0.4, -0.2) is 20.1 Å². The highest BCUT2D eigenvalue weighted by atomic mass is 32.2. The molecule has 4 nitrogen and oxygen atoms in total. The van der Waals surface area contributed by atoms with E-state index in [9.17, 15) is 17.6 Å². The smallest absolute Gasteiger partial charge is 0.255 e. The van der Waals surface area contributed by atoms with Crippen LogP contribution < -0.4 is 5.32 Å². The maximum absolute atomic E-state index is 13.5. The maximum Gasteiger partial charge on any atom is 0.255 e. The first-order valence-electron chi connectivity index (χ1n) is 8.15. The molecule has 1 N–H and O–H groups in total. The Bertz CT molecular complexity index is 876. The van der Waals surface area contributed by atoms with Gasteiger partial charge in [-0.1, -0.05) is 26.8 Å². The summed E-state index contributed by atoms with van der Waals surface area (Å²) in [5, 5.41) is 2.68. The fourth-order valence-electron chi connectivity index (χ4n) is 2.49. The minimum atomic E-state index is -3.43. The summed E-state index contributed by atoms with van der Waals surface area (Å²) in [5.74, 6) is -0.734. The second-order valence-corrected chi connectivity index (χ2v) is 8.35. The van der Waals surface area contributed by atoms with Crippen LogP contribution in [0.1, 0.15) is 36.7 Å². The number of aryl methyl sites for hydroxylation is 1. The van der Waals surface area contributed by atoms with Crippen molar-refractivity contribution >= 4 is 21.4 Å². The second kappa shape index (κ2) is 7.78. The second-order valence-electron chi connectivity index (χ2n) is 6.32. The normalized spacial score (nSPS) is 11.6. The van der Waals surface area contributed by atoms with Gasteiger partial charge in [0.1, 0.15) is 5.82 Å². The number of rotatable bonds is 6. The van der Waals surface area contributed by atoms with Gasteiger partial charge in [0.2, 0.25) is 0 Å². The summed E-state index contributed by atoms with van der Waals surface area (Å²) in [7, 11) is -3.43. The number of hydrogen-bond donors (Lipinski definition) is 1. The fourth-order valence-corrected chi connectivity index (χ4v) is 4.16. The molecule has 0 saturated carbocycles. The van der Waals surface area contributed by atoms with Gasteiger partial charge in [-0.3, -0.25) is 4.79 Å². The quantitative estimate of drug-likeness (QED) is 0.841. The van der Waals surface area contributed by atoms with Crippen molar-refractivity contribution in [2.24, 2.45) is 5.92 Å². The van der Waals surface area contributed by atoms with Crippen LogP contribution in [0.2, 0.25) is 0 Å². The van der Waals surface area contributed by atoms with Crippen LogP contribution in [0.15, 0.2) is 47.4 Å². The van der Waals surface area contributed by atoms with Crippen LogP contribution in [0.5, 0.6) is 0 Å². The van der Waals surface area contributed by atoms with Crippen LogP contribution >= 0.6 is 0 Å². The summed E-state index contributed by atoms with van der Waals surface area (Å²) in [6.07, 6.45) is 0.512. The van der Waals surface area contributed by atoms with E-state index in [-0.39, 0.29) is 27.9 Å². The van der Waals surface area contributed by atoms with E-state index in [0.29, 0.717) is 17.7 Å². The van der Waals surface area contributed by atoms with Crippen molar-refractivity contribution in [3.05, 3.63) is 59.4 Å². The number of hydrogen-bond acceptors (Lipinski definition) is 3. The molecular weight excluding hydrogens is 341 g/mol. The van der Waals surface area contributed by atoms with Crippen molar-refractivity contribution in [1.29, 1.82) is 0 Å². The van der Waals surface area contributed by atoms with E-state index < -0.39 is 15.7 Å². The molecule has 2 aromatic rings. The molecule has 6 heteroatoms. The number of halogens is 1. The summed E-state index contributed by atoms with van der Waals surface area (Å²) >= 11 is 0. The predicted molar refractivity (Wildman–Crippen MR) is 97.1 cm³/mol. The van der Waals surface area contributed by atoms with Crippen LogP contribution in [0, 0.1) is 11.7 Å². The molecule has 0 spiro atoms. The zero-order chi connectivity index (χ0) is 18.6. The molecule has 2 aromatic carbocycles. The van der Waals surface area contributed by atoms with E-state index in [1.54, 1.807) is 18.2 Å². The number of carbonyl (C=O) groups is 1. The van der Waals surface area contributed by atoms with Crippen molar-refractivity contribution < 1.29 is 17.6 Å². The number of carbonyl (C=O) groups excluding carboxylic acids is 1. The molecular formula is C19H22FNO3S. The van der Waals surface area contributed by atoms with Crippen molar-refractivity contribution in [3.63, 3.8) is 0 Å². The van der Waals surface area contributed by atoms with Crippen molar-refractivity contribution in [2.45, 2.75) is 32.1 Å². The molecule has 0 heterocycles. The fraction of sp³-hybridized carbons (Fsp3) is 0.316. The van der Waals surface area contributed by atoms with Gasteiger partial charge < -0.3 is 5.32 Å². The first-order chi connectivity index (χ1) is 11.7. The molecule has 0 radical (unpaired) electrons. The molecule has 1 amide bonds. The third-order valence-electron chi connectivity index (χ3n) is 3.69. The Hall–Kier alpha value is -2.21. The van der Waals surface area contributed by atoms with E-state index in [2.05, 4.69) is 5.32 Å². The minimum Gasteiger partial charge on any atom is -0.322 e. The number of anilines is 1. The summed E-state index contributed by atoms with van der Waals surface area (Å²) in [4.78, 5) is 12.5. The van der Waals surface area contributed by atoms with Crippen molar-refractivity contribution in [3.8, 4) is 0 Å². The average molecular weight is 363 g/mol. The molecule has 134 valence electrons. The van der Waals surface area contributed by atoms with Gasteiger partial charge >= 0.3 is 0 Å². The first-order valence-corrected chi connectivity index (χ1v) is 9.80. The van der Waals surface area contributed by atoms with Crippen LogP contribution in [0.4, 0.5) is 10.1 Å². The maximum atomic E-state index is 13.5. The van der Waals surface area contributed by atoms with Gasteiger partial charge in [-0.25, -0.2) is 12.8 Å². The molecule has 0 aliphatic heterocycles. The van der Waals surface area contributed by atoms with E-state index in [4.69, 9.17) is 0 Å². The highest BCUT2D eigenvalue weighted by Crippen LogP contribution is 2.19. The molecule has 0 aromatic heterocycles. The monoisotopic (exact) mass is 363 g/mol. The summed E-state index contributed by atoms with van der Waals surface area (Å²) in [6, 6.07) is 10.3. The van der Waals surface area contributed by atoms with Gasteiger partial charge in [0, 0.05) is 11.3 Å².